The molecule has 0 saturated carbocycles. The lowest BCUT2D eigenvalue weighted by Crippen LogP contribution is -2.12. The molecule has 0 unspecified atom stereocenters. The largest absolute Gasteiger partial charge is 0.466 e. The summed E-state index contributed by atoms with van der Waals surface area (Å²) < 4.78 is 7.11. The summed E-state index contributed by atoms with van der Waals surface area (Å²) in [7, 11) is 1.86. The molecule has 0 aliphatic rings. The molecule has 4 nitrogen and oxygen atoms in total. The number of thiazole rings is 1. The Labute approximate surface area is 96.9 Å². The van der Waals surface area contributed by atoms with Crippen LogP contribution in [0.3, 0.4) is 0 Å². The molecule has 0 aromatic carbocycles. The first-order valence-corrected chi connectivity index (χ1v) is 5.72. The molecule has 5 heteroatoms. The zero-order valence-electron chi connectivity index (χ0n) is 9.35. The molecule has 2 rings (SSSR count). The minimum Gasteiger partial charge on any atom is -0.466 e. The molecule has 0 N–H and O–H groups in total. The minimum absolute atomic E-state index is 0.257. The molecule has 2 aromatic heterocycles. The standard InChI is InChI=1S/C11H12N2O2S/c1-7-6-9(8(2)15-7)10(14)12-11-13(3)4-5-16-11/h4-6H,1-3H3. The van der Waals surface area contributed by atoms with Gasteiger partial charge in [0.15, 0.2) is 4.80 Å². The second kappa shape index (κ2) is 4.09. The Bertz CT molecular complexity index is 589. The van der Waals surface area contributed by atoms with Crippen LogP contribution < -0.4 is 4.80 Å². The van der Waals surface area contributed by atoms with Crippen molar-refractivity contribution in [2.24, 2.45) is 12.0 Å². The summed E-state index contributed by atoms with van der Waals surface area (Å²) in [5.74, 6) is 1.09. The van der Waals surface area contributed by atoms with Gasteiger partial charge in [-0.15, -0.1) is 11.3 Å². The van der Waals surface area contributed by atoms with E-state index in [4.69, 9.17) is 4.42 Å². The third kappa shape index (κ3) is 1.99. The lowest BCUT2D eigenvalue weighted by atomic mass is 10.2. The molecule has 2 aromatic rings. The Balaban J connectivity index is 2.42. The van der Waals surface area contributed by atoms with E-state index in [0.717, 1.165) is 5.76 Å². The maximum Gasteiger partial charge on any atom is 0.283 e. The summed E-state index contributed by atoms with van der Waals surface area (Å²) in [6, 6.07) is 1.72. The molecular weight excluding hydrogens is 224 g/mol. The summed E-state index contributed by atoms with van der Waals surface area (Å²) in [4.78, 5) is 16.6. The zero-order valence-corrected chi connectivity index (χ0v) is 10.2. The average Bonchev–Trinajstić information content (AvgIpc) is 2.74. The first-order chi connectivity index (χ1) is 7.58. The van der Waals surface area contributed by atoms with E-state index in [-0.39, 0.29) is 5.91 Å². The van der Waals surface area contributed by atoms with Crippen molar-refractivity contribution in [2.45, 2.75) is 13.8 Å². The predicted octanol–water partition coefficient (Wildman–Crippen LogP) is 2.04. The molecule has 0 atom stereocenters. The van der Waals surface area contributed by atoms with Gasteiger partial charge in [0.1, 0.15) is 11.5 Å². The Kier molecular flexibility index (Phi) is 2.78. The van der Waals surface area contributed by atoms with Gasteiger partial charge < -0.3 is 8.98 Å². The average molecular weight is 236 g/mol. The van der Waals surface area contributed by atoms with Gasteiger partial charge in [0, 0.05) is 18.6 Å². The van der Waals surface area contributed by atoms with Crippen LogP contribution in [0.25, 0.3) is 0 Å². The minimum atomic E-state index is -0.257. The topological polar surface area (TPSA) is 47.5 Å². The van der Waals surface area contributed by atoms with Gasteiger partial charge in [-0.05, 0) is 19.9 Å². The van der Waals surface area contributed by atoms with Crippen LogP contribution in [0, 0.1) is 13.8 Å². The highest BCUT2D eigenvalue weighted by atomic mass is 32.1. The highest BCUT2D eigenvalue weighted by Crippen LogP contribution is 2.14. The number of carbonyl (C=O) groups excluding carboxylic acids is 1. The lowest BCUT2D eigenvalue weighted by molar-refractivity contribution is 0.0996. The zero-order chi connectivity index (χ0) is 11.7. The molecule has 0 bridgehead atoms. The number of nitrogens with zero attached hydrogens (tertiary/aromatic N) is 2. The SMILES string of the molecule is Cc1cc(C(=O)N=c2sccn2C)c(C)o1. The van der Waals surface area contributed by atoms with Crippen LogP contribution in [-0.4, -0.2) is 10.5 Å². The van der Waals surface area contributed by atoms with E-state index in [1.165, 1.54) is 11.3 Å². The summed E-state index contributed by atoms with van der Waals surface area (Å²) in [6.07, 6.45) is 1.87. The molecule has 0 saturated heterocycles. The smallest absolute Gasteiger partial charge is 0.283 e. The highest BCUT2D eigenvalue weighted by Gasteiger charge is 2.12. The summed E-state index contributed by atoms with van der Waals surface area (Å²) in [5, 5.41) is 1.89. The van der Waals surface area contributed by atoms with Gasteiger partial charge in [0.05, 0.1) is 5.56 Å². The van der Waals surface area contributed by atoms with E-state index in [0.29, 0.717) is 16.1 Å². The van der Waals surface area contributed by atoms with Crippen molar-refractivity contribution in [2.75, 3.05) is 0 Å². The summed E-state index contributed by atoms with van der Waals surface area (Å²) >= 11 is 1.43. The fourth-order valence-corrected chi connectivity index (χ4v) is 2.15. The van der Waals surface area contributed by atoms with Gasteiger partial charge in [-0.2, -0.15) is 4.99 Å². The Morgan fingerprint density at radius 3 is 2.75 bits per heavy atom. The van der Waals surface area contributed by atoms with Crippen LogP contribution in [0.5, 0.6) is 0 Å². The first kappa shape index (κ1) is 10.9. The molecule has 0 aliphatic heterocycles. The quantitative estimate of drug-likeness (QED) is 0.760. The van der Waals surface area contributed by atoms with Gasteiger partial charge in [0.25, 0.3) is 5.91 Å². The molecular formula is C11H12N2O2S. The third-order valence-corrected chi connectivity index (χ3v) is 3.08. The molecule has 2 heterocycles. The number of carbonyl (C=O) groups is 1. The Morgan fingerprint density at radius 1 is 1.50 bits per heavy atom. The van der Waals surface area contributed by atoms with Gasteiger partial charge in [0.2, 0.25) is 0 Å². The predicted molar refractivity (Wildman–Crippen MR) is 61.4 cm³/mol. The van der Waals surface area contributed by atoms with E-state index in [1.807, 2.05) is 30.1 Å². The van der Waals surface area contributed by atoms with Gasteiger partial charge in [-0.25, -0.2) is 0 Å². The molecule has 84 valence electrons. The second-order valence-electron chi connectivity index (χ2n) is 3.54. The van der Waals surface area contributed by atoms with Gasteiger partial charge in [-0.3, -0.25) is 4.79 Å². The van der Waals surface area contributed by atoms with E-state index in [2.05, 4.69) is 4.99 Å². The van der Waals surface area contributed by atoms with Crippen LogP contribution >= 0.6 is 11.3 Å². The van der Waals surface area contributed by atoms with E-state index < -0.39 is 0 Å². The van der Waals surface area contributed by atoms with Crippen molar-refractivity contribution in [1.29, 1.82) is 0 Å². The number of hydrogen-bond acceptors (Lipinski definition) is 3. The van der Waals surface area contributed by atoms with E-state index in [1.54, 1.807) is 13.0 Å². The van der Waals surface area contributed by atoms with Crippen LogP contribution in [0.2, 0.25) is 0 Å². The van der Waals surface area contributed by atoms with Crippen molar-refractivity contribution in [3.05, 3.63) is 39.5 Å². The van der Waals surface area contributed by atoms with Crippen molar-refractivity contribution in [3.8, 4) is 0 Å². The number of hydrogen-bond donors (Lipinski definition) is 0. The van der Waals surface area contributed by atoms with Crippen molar-refractivity contribution in [3.63, 3.8) is 0 Å². The van der Waals surface area contributed by atoms with Gasteiger partial charge in [-0.1, -0.05) is 0 Å². The molecule has 0 fully saturated rings. The molecule has 0 radical (unpaired) electrons. The number of aryl methyl sites for hydroxylation is 3. The Morgan fingerprint density at radius 2 is 2.25 bits per heavy atom. The van der Waals surface area contributed by atoms with Gasteiger partial charge >= 0.3 is 0 Å². The number of amides is 1. The molecule has 0 aliphatic carbocycles. The molecule has 0 spiro atoms. The lowest BCUT2D eigenvalue weighted by Gasteiger charge is -1.91. The van der Waals surface area contributed by atoms with Crippen LogP contribution in [0.4, 0.5) is 0 Å². The number of aromatic nitrogens is 1. The maximum atomic E-state index is 11.9. The number of rotatable bonds is 1. The maximum absolute atomic E-state index is 11.9. The number of furan rings is 1. The summed E-state index contributed by atoms with van der Waals surface area (Å²) in [6.45, 7) is 3.58. The second-order valence-corrected chi connectivity index (χ2v) is 4.41. The molecule has 1 amide bonds. The van der Waals surface area contributed by atoms with Crippen LogP contribution in [0.15, 0.2) is 27.1 Å². The van der Waals surface area contributed by atoms with E-state index >= 15 is 0 Å². The summed E-state index contributed by atoms with van der Waals surface area (Å²) in [5.41, 5.74) is 0.533. The van der Waals surface area contributed by atoms with Crippen LogP contribution in [-0.2, 0) is 7.05 Å². The van der Waals surface area contributed by atoms with Crippen molar-refractivity contribution >= 4 is 17.2 Å². The monoisotopic (exact) mass is 236 g/mol. The highest BCUT2D eigenvalue weighted by molar-refractivity contribution is 7.07. The van der Waals surface area contributed by atoms with Crippen molar-refractivity contribution in [1.82, 2.24) is 4.57 Å². The fourth-order valence-electron chi connectivity index (χ4n) is 1.42. The van der Waals surface area contributed by atoms with Crippen molar-refractivity contribution < 1.29 is 9.21 Å². The van der Waals surface area contributed by atoms with E-state index in [9.17, 15) is 4.79 Å². The normalized spacial score (nSPS) is 12.1. The van der Waals surface area contributed by atoms with Crippen LogP contribution in [0.1, 0.15) is 21.9 Å². The Hall–Kier alpha value is -1.62. The third-order valence-electron chi connectivity index (χ3n) is 2.23. The fraction of sp³-hybridized carbons (Fsp3) is 0.273. The molecule has 16 heavy (non-hydrogen) atoms. The first-order valence-electron chi connectivity index (χ1n) is 4.84.